The van der Waals surface area contributed by atoms with E-state index in [4.69, 9.17) is 0 Å². The minimum absolute atomic E-state index is 0.00182. The van der Waals surface area contributed by atoms with Crippen molar-refractivity contribution in [3.05, 3.63) is 285 Å². The van der Waals surface area contributed by atoms with E-state index in [9.17, 15) is 31.6 Å². The minimum atomic E-state index is -4.82. The summed E-state index contributed by atoms with van der Waals surface area (Å²) in [6, 6.07) is 66.3. The number of halogens is 9. The molecule has 0 radical (unpaired) electrons. The van der Waals surface area contributed by atoms with Crippen molar-refractivity contribution in [2.75, 3.05) is 0 Å². The van der Waals surface area contributed by atoms with Crippen LogP contribution in [0.3, 0.4) is 0 Å². The van der Waals surface area contributed by atoms with Crippen molar-refractivity contribution in [2.24, 2.45) is 0 Å². The van der Waals surface area contributed by atoms with Crippen LogP contribution in [0.15, 0.2) is 218 Å². The van der Waals surface area contributed by atoms with Gasteiger partial charge in [-0.2, -0.15) is 44.8 Å². The van der Waals surface area contributed by atoms with E-state index >= 15 is 13.2 Å². The molecule has 5 nitrogen and oxygen atoms in total. The second kappa shape index (κ2) is 22.9. The minimum Gasteiger partial charge on any atom is -0.309 e. The fourth-order valence-corrected chi connectivity index (χ4v) is 14.6. The van der Waals surface area contributed by atoms with Crippen LogP contribution >= 0.6 is 0 Å². The second-order valence-electron chi connectivity index (χ2n) is 26.0. The van der Waals surface area contributed by atoms with Crippen molar-refractivity contribution in [3.63, 3.8) is 0 Å². The molecule has 0 aliphatic rings. The van der Waals surface area contributed by atoms with Crippen molar-refractivity contribution in [3.8, 4) is 51.1 Å². The lowest BCUT2D eigenvalue weighted by Crippen LogP contribution is -2.13. The lowest BCUT2D eigenvalue weighted by Gasteiger charge is -2.24. The lowest BCUT2D eigenvalue weighted by molar-refractivity contribution is -0.138. The topological polar surface area (TPSA) is 43.5 Å². The molecule has 0 bridgehead atoms. The summed E-state index contributed by atoms with van der Waals surface area (Å²) >= 11 is 0. The van der Waals surface area contributed by atoms with E-state index in [0.717, 1.165) is 134 Å². The van der Waals surface area contributed by atoms with Gasteiger partial charge in [0.15, 0.2) is 0 Å². The van der Waals surface area contributed by atoms with Gasteiger partial charge in [-0.1, -0.05) is 133 Å². The highest BCUT2D eigenvalue weighted by molar-refractivity contribution is 6.15. The SMILES string of the molecule is Cc1ccc2c3ccc(C)cc3n(-c3cc(C#N)cc(-n4c5cc(C)ccc5c5ccc(C)cc54)c3-c3ccccc3C(F)(F)F)c2c1.Cc1ccc2c3ccc(C)cc3n(-c3cc(C(F)(F)F)cc(-n4c5cc(C)ccc5c5ccc(C)cc54)c3-c3ccccc3C(F)(F)F)c2c1. The van der Waals surface area contributed by atoms with Gasteiger partial charge in [0.2, 0.25) is 0 Å². The molecule has 0 aliphatic carbocycles. The van der Waals surface area contributed by atoms with E-state index in [0.29, 0.717) is 44.6 Å². The van der Waals surface area contributed by atoms with Gasteiger partial charge in [0.05, 0.1) is 95.2 Å². The number of aromatic nitrogens is 4. The molecule has 4 heterocycles. The molecule has 0 N–H and O–H groups in total. The molecule has 12 aromatic carbocycles. The predicted octanol–water partition coefficient (Wildman–Crippen LogP) is 24.5. The summed E-state index contributed by atoms with van der Waals surface area (Å²) in [6.07, 6.45) is -14.2. The fourth-order valence-electron chi connectivity index (χ4n) is 14.6. The number of hydrogen-bond donors (Lipinski definition) is 0. The molecular formula is C84H60F9N5. The quantitative estimate of drug-likeness (QED) is 0.153. The number of fused-ring (bicyclic) bond motifs is 12. The molecule has 0 aliphatic heterocycles. The number of benzene rings is 12. The molecule has 0 fully saturated rings. The van der Waals surface area contributed by atoms with Crippen LogP contribution in [-0.4, -0.2) is 18.3 Å². The molecular weight excluding hydrogens is 1250 g/mol. The van der Waals surface area contributed by atoms with Crippen molar-refractivity contribution in [1.29, 1.82) is 5.26 Å². The Balaban J connectivity index is 0.000000160. The van der Waals surface area contributed by atoms with E-state index < -0.39 is 35.2 Å². The van der Waals surface area contributed by atoms with Crippen LogP contribution < -0.4 is 0 Å². The van der Waals surface area contributed by atoms with E-state index in [1.54, 1.807) is 33.4 Å². The Hall–Kier alpha value is -11.3. The van der Waals surface area contributed by atoms with Gasteiger partial charge >= 0.3 is 18.5 Å². The Bertz CT molecular complexity index is 5540. The summed E-state index contributed by atoms with van der Waals surface area (Å²) in [7, 11) is 0. The van der Waals surface area contributed by atoms with Gasteiger partial charge in [0.1, 0.15) is 0 Å². The molecule has 0 atom stereocenters. The highest BCUT2D eigenvalue weighted by Crippen LogP contribution is 2.51. The maximum absolute atomic E-state index is 15.1. The summed E-state index contributed by atoms with van der Waals surface area (Å²) < 4.78 is 143. The number of nitrogens with zero attached hydrogens (tertiary/aromatic N) is 5. The van der Waals surface area contributed by atoms with Gasteiger partial charge in [-0.15, -0.1) is 0 Å². The van der Waals surface area contributed by atoms with Crippen molar-refractivity contribution < 1.29 is 39.5 Å². The molecule has 0 unspecified atom stereocenters. The van der Waals surface area contributed by atoms with Crippen LogP contribution in [0, 0.1) is 66.7 Å². The van der Waals surface area contributed by atoms with Gasteiger partial charge in [-0.05, 0) is 196 Å². The Labute approximate surface area is 557 Å². The number of hydrogen-bond acceptors (Lipinski definition) is 1. The zero-order valence-corrected chi connectivity index (χ0v) is 54.4. The van der Waals surface area contributed by atoms with Crippen molar-refractivity contribution >= 4 is 87.2 Å². The Morgan fingerprint density at radius 2 is 0.480 bits per heavy atom. The third-order valence-corrected chi connectivity index (χ3v) is 18.9. The summed E-state index contributed by atoms with van der Waals surface area (Å²) in [4.78, 5) is 0. The lowest BCUT2D eigenvalue weighted by atomic mass is 9.93. The Morgan fingerprint density at radius 3 is 0.684 bits per heavy atom. The fraction of sp³-hybridized carbons (Fsp3) is 0.131. The van der Waals surface area contributed by atoms with Gasteiger partial charge in [-0.3, -0.25) is 0 Å². The normalized spacial score (nSPS) is 12.3. The van der Waals surface area contributed by atoms with E-state index in [1.165, 1.54) is 24.3 Å². The van der Waals surface area contributed by atoms with E-state index in [1.807, 2.05) is 162 Å². The average molecular weight is 1310 g/mol. The van der Waals surface area contributed by atoms with Crippen LogP contribution in [0.25, 0.3) is 132 Å². The van der Waals surface area contributed by atoms with Crippen LogP contribution in [0.2, 0.25) is 0 Å². The van der Waals surface area contributed by atoms with Crippen LogP contribution in [-0.2, 0) is 18.5 Å². The van der Waals surface area contributed by atoms with Gasteiger partial charge in [0, 0.05) is 54.2 Å². The predicted molar refractivity (Wildman–Crippen MR) is 379 cm³/mol. The maximum Gasteiger partial charge on any atom is 0.417 e. The third-order valence-electron chi connectivity index (χ3n) is 18.9. The van der Waals surface area contributed by atoms with Crippen LogP contribution in [0.5, 0.6) is 0 Å². The Kier molecular flexibility index (Phi) is 14.7. The smallest absolute Gasteiger partial charge is 0.309 e. The largest absolute Gasteiger partial charge is 0.417 e. The molecule has 16 aromatic rings. The van der Waals surface area contributed by atoms with Gasteiger partial charge in [0.25, 0.3) is 0 Å². The average Bonchev–Trinajstić information content (AvgIpc) is 1.48. The van der Waals surface area contributed by atoms with Crippen LogP contribution in [0.1, 0.15) is 66.8 Å². The summed E-state index contributed by atoms with van der Waals surface area (Å²) in [5, 5.41) is 17.6. The second-order valence-corrected chi connectivity index (χ2v) is 26.0. The zero-order valence-electron chi connectivity index (χ0n) is 54.4. The van der Waals surface area contributed by atoms with Crippen molar-refractivity contribution in [2.45, 2.75) is 73.9 Å². The first-order chi connectivity index (χ1) is 46.7. The Morgan fingerprint density at radius 1 is 0.265 bits per heavy atom. The molecule has 0 amide bonds. The molecule has 0 saturated heterocycles. The van der Waals surface area contributed by atoms with E-state index in [2.05, 4.69) is 54.6 Å². The maximum atomic E-state index is 15.1. The monoisotopic (exact) mass is 1310 g/mol. The molecule has 14 heteroatoms. The highest BCUT2D eigenvalue weighted by atomic mass is 19.4. The number of alkyl halides is 9. The molecule has 4 aromatic heterocycles. The molecule has 484 valence electrons. The summed E-state index contributed by atoms with van der Waals surface area (Å²) in [5.74, 6) is 0. The van der Waals surface area contributed by atoms with Crippen LogP contribution in [0.4, 0.5) is 39.5 Å². The zero-order chi connectivity index (χ0) is 68.8. The summed E-state index contributed by atoms with van der Waals surface area (Å²) in [5.41, 5.74) is 12.3. The highest BCUT2D eigenvalue weighted by Gasteiger charge is 2.39. The van der Waals surface area contributed by atoms with Gasteiger partial charge < -0.3 is 18.3 Å². The van der Waals surface area contributed by atoms with E-state index in [-0.39, 0.29) is 28.1 Å². The molecule has 98 heavy (non-hydrogen) atoms. The third kappa shape index (κ3) is 10.4. The number of rotatable bonds is 6. The number of nitriles is 1. The number of aryl methyl sites for hydroxylation is 8. The molecule has 0 saturated carbocycles. The first-order valence-corrected chi connectivity index (χ1v) is 32.0. The first-order valence-electron chi connectivity index (χ1n) is 32.0. The van der Waals surface area contributed by atoms with Crippen molar-refractivity contribution in [1.82, 2.24) is 18.3 Å². The van der Waals surface area contributed by atoms with Gasteiger partial charge in [-0.25, -0.2) is 0 Å². The summed E-state index contributed by atoms with van der Waals surface area (Å²) in [6.45, 7) is 15.6. The standard InChI is InChI=1S/C42H30F6N2.C42H30F3N3/c1-23-9-13-28-29-14-10-24(2)18-35(29)49(34(28)17-23)38-21-27(41(43,44)45)22-39(40(38)32-7-5-6-8-33(32)42(46,47)48)50-36-19-25(3)11-15-30(36)31-16-12-26(4)20-37(31)50;1-24-9-13-29-30-14-10-25(2)18-36(30)47(35(29)17-24)39-21-28(23-46)22-40(41(39)33-7-5-6-8-34(33)42(43,44)45)48-37-19-26(3)11-15-31(37)32-16-12-27(4)20-38(32)48/h5-22H,1-4H3;5-22H,1-4H3. The molecule has 16 rings (SSSR count). The first kappa shape index (κ1) is 62.8. The molecule has 0 spiro atoms.